The molecule has 1 saturated heterocycles. The Morgan fingerprint density at radius 3 is 2.76 bits per heavy atom. The van der Waals surface area contributed by atoms with Crippen molar-refractivity contribution in [3.05, 3.63) is 39.9 Å². The Morgan fingerprint density at radius 2 is 2.19 bits per heavy atom. The minimum Gasteiger partial charge on any atom is -0.480 e. The number of carboxylic acids is 1. The Hall–Kier alpha value is -2.48. The van der Waals surface area contributed by atoms with Gasteiger partial charge in [0, 0.05) is 25.2 Å². The minimum absolute atomic E-state index is 0.0165. The first-order valence-corrected chi connectivity index (χ1v) is 6.35. The van der Waals surface area contributed by atoms with Crippen molar-refractivity contribution in [2.24, 2.45) is 5.73 Å². The number of aliphatic carboxylic acids is 1. The molecule has 0 saturated carbocycles. The van der Waals surface area contributed by atoms with Gasteiger partial charge in [-0.05, 0) is 12.0 Å². The van der Waals surface area contributed by atoms with Gasteiger partial charge in [-0.25, -0.2) is 0 Å². The van der Waals surface area contributed by atoms with E-state index >= 15 is 0 Å². The molecule has 0 aliphatic carbocycles. The van der Waals surface area contributed by atoms with Crippen molar-refractivity contribution in [1.82, 2.24) is 4.90 Å². The van der Waals surface area contributed by atoms with Crippen LogP contribution >= 0.6 is 0 Å². The van der Waals surface area contributed by atoms with Crippen LogP contribution < -0.4 is 5.73 Å². The summed E-state index contributed by atoms with van der Waals surface area (Å²) in [6.45, 7) is 0.229. The summed E-state index contributed by atoms with van der Waals surface area (Å²) in [6, 6.07) is 5.81. The molecule has 0 aromatic heterocycles. The predicted octanol–water partition coefficient (Wildman–Crippen LogP) is 0.152. The second-order valence-corrected chi connectivity index (χ2v) is 5.13. The maximum absolute atomic E-state index is 12.1. The fourth-order valence-corrected chi connectivity index (χ4v) is 2.29. The lowest BCUT2D eigenvalue weighted by atomic mass is 10.0. The third-order valence-electron chi connectivity index (χ3n) is 3.56. The molecule has 8 heteroatoms. The van der Waals surface area contributed by atoms with Gasteiger partial charge in [0.15, 0.2) is 0 Å². The van der Waals surface area contributed by atoms with Crippen LogP contribution in [0.15, 0.2) is 24.3 Å². The van der Waals surface area contributed by atoms with Crippen LogP contribution in [-0.4, -0.2) is 45.4 Å². The number of amides is 1. The molecule has 0 bridgehead atoms. The number of nitro groups is 1. The summed E-state index contributed by atoms with van der Waals surface area (Å²) >= 11 is 0. The number of nitrogens with zero attached hydrogens (tertiary/aromatic N) is 2. The van der Waals surface area contributed by atoms with Crippen molar-refractivity contribution >= 4 is 17.6 Å². The number of carbonyl (C=O) groups excluding carboxylic acids is 1. The van der Waals surface area contributed by atoms with Gasteiger partial charge in [-0.15, -0.1) is 0 Å². The van der Waals surface area contributed by atoms with E-state index in [-0.39, 0.29) is 37.5 Å². The average Bonchev–Trinajstić information content (AvgIpc) is 2.83. The van der Waals surface area contributed by atoms with Gasteiger partial charge in [0.1, 0.15) is 5.54 Å². The smallest absolute Gasteiger partial charge is 0.325 e. The molecule has 8 nitrogen and oxygen atoms in total. The van der Waals surface area contributed by atoms with Gasteiger partial charge < -0.3 is 15.7 Å². The standard InChI is InChI=1S/C13H15N3O5/c14-13(12(18)19)4-5-15(8-13)11(17)7-9-2-1-3-10(6-9)16(20)21/h1-3,6H,4-5,7-8,14H2,(H,18,19). The molecular formula is C13H15N3O5. The van der Waals surface area contributed by atoms with E-state index in [0.29, 0.717) is 5.56 Å². The van der Waals surface area contributed by atoms with E-state index in [1.54, 1.807) is 6.07 Å². The highest BCUT2D eigenvalue weighted by molar-refractivity contribution is 5.84. The molecule has 1 aromatic carbocycles. The topological polar surface area (TPSA) is 127 Å². The van der Waals surface area contributed by atoms with Crippen molar-refractivity contribution < 1.29 is 19.6 Å². The Kier molecular flexibility index (Phi) is 3.90. The molecule has 0 radical (unpaired) electrons. The summed E-state index contributed by atoms with van der Waals surface area (Å²) in [5, 5.41) is 19.7. The molecule has 1 amide bonds. The first kappa shape index (κ1) is 14.9. The average molecular weight is 293 g/mol. The zero-order chi connectivity index (χ0) is 15.6. The summed E-state index contributed by atoms with van der Waals surface area (Å²) in [6.07, 6.45) is 0.181. The number of hydrogen-bond donors (Lipinski definition) is 2. The quantitative estimate of drug-likeness (QED) is 0.601. The molecule has 2 rings (SSSR count). The highest BCUT2D eigenvalue weighted by atomic mass is 16.6. The molecule has 0 spiro atoms. The Bertz CT molecular complexity index is 603. The van der Waals surface area contributed by atoms with Crippen LogP contribution in [0, 0.1) is 10.1 Å². The minimum atomic E-state index is -1.40. The zero-order valence-electron chi connectivity index (χ0n) is 11.2. The number of benzene rings is 1. The van der Waals surface area contributed by atoms with Crippen molar-refractivity contribution in [2.75, 3.05) is 13.1 Å². The van der Waals surface area contributed by atoms with Crippen LogP contribution in [-0.2, 0) is 16.0 Å². The second-order valence-electron chi connectivity index (χ2n) is 5.13. The second kappa shape index (κ2) is 5.49. The number of nitro benzene ring substituents is 1. The number of likely N-dealkylation sites (tertiary alicyclic amines) is 1. The van der Waals surface area contributed by atoms with Crippen LogP contribution in [0.2, 0.25) is 0 Å². The van der Waals surface area contributed by atoms with E-state index < -0.39 is 16.4 Å². The molecule has 1 atom stereocenters. The van der Waals surface area contributed by atoms with Gasteiger partial charge in [-0.1, -0.05) is 12.1 Å². The Balaban J connectivity index is 2.04. The largest absolute Gasteiger partial charge is 0.480 e. The number of carbonyl (C=O) groups is 2. The molecule has 1 aromatic rings. The first-order chi connectivity index (χ1) is 9.82. The van der Waals surface area contributed by atoms with E-state index in [0.717, 1.165) is 0 Å². The van der Waals surface area contributed by atoms with Crippen molar-refractivity contribution in [1.29, 1.82) is 0 Å². The summed E-state index contributed by atoms with van der Waals surface area (Å²) < 4.78 is 0. The Morgan fingerprint density at radius 1 is 1.48 bits per heavy atom. The predicted molar refractivity (Wildman–Crippen MR) is 72.6 cm³/mol. The van der Waals surface area contributed by atoms with Crippen molar-refractivity contribution in [3.8, 4) is 0 Å². The normalized spacial score (nSPS) is 21.3. The van der Waals surface area contributed by atoms with Gasteiger partial charge in [0.2, 0.25) is 5.91 Å². The molecule has 1 fully saturated rings. The van der Waals surface area contributed by atoms with Crippen LogP contribution in [0.1, 0.15) is 12.0 Å². The highest BCUT2D eigenvalue weighted by Crippen LogP contribution is 2.21. The monoisotopic (exact) mass is 293 g/mol. The summed E-state index contributed by atoms with van der Waals surface area (Å²) in [5.74, 6) is -1.42. The fourth-order valence-electron chi connectivity index (χ4n) is 2.29. The molecule has 1 heterocycles. The molecule has 1 aliphatic rings. The van der Waals surface area contributed by atoms with Gasteiger partial charge in [0.25, 0.3) is 5.69 Å². The van der Waals surface area contributed by atoms with Gasteiger partial charge >= 0.3 is 5.97 Å². The number of hydrogen-bond acceptors (Lipinski definition) is 5. The van der Waals surface area contributed by atoms with E-state index in [4.69, 9.17) is 10.8 Å². The number of non-ortho nitro benzene ring substituents is 1. The lowest BCUT2D eigenvalue weighted by Gasteiger charge is -2.20. The summed E-state index contributed by atoms with van der Waals surface area (Å²) in [5.41, 5.74) is 4.73. The lowest BCUT2D eigenvalue weighted by molar-refractivity contribution is -0.384. The van der Waals surface area contributed by atoms with E-state index in [1.165, 1.54) is 23.1 Å². The first-order valence-electron chi connectivity index (χ1n) is 6.35. The maximum Gasteiger partial charge on any atom is 0.325 e. The zero-order valence-corrected chi connectivity index (χ0v) is 11.2. The van der Waals surface area contributed by atoms with Crippen LogP contribution in [0.25, 0.3) is 0 Å². The van der Waals surface area contributed by atoms with Crippen molar-refractivity contribution in [2.45, 2.75) is 18.4 Å². The maximum atomic E-state index is 12.1. The molecule has 112 valence electrons. The molecule has 1 aliphatic heterocycles. The highest BCUT2D eigenvalue weighted by Gasteiger charge is 2.42. The number of nitrogens with two attached hydrogens (primary N) is 1. The third-order valence-corrected chi connectivity index (χ3v) is 3.56. The molecule has 21 heavy (non-hydrogen) atoms. The SMILES string of the molecule is NC1(C(=O)O)CCN(C(=O)Cc2cccc([N+](=O)[O-])c2)C1. The summed E-state index contributed by atoms with van der Waals surface area (Å²) in [7, 11) is 0. The van der Waals surface area contributed by atoms with E-state index in [9.17, 15) is 19.7 Å². The Labute approximate surface area is 120 Å². The van der Waals surface area contributed by atoms with Crippen LogP contribution in [0.4, 0.5) is 5.69 Å². The van der Waals surface area contributed by atoms with E-state index in [2.05, 4.69) is 0 Å². The molecular weight excluding hydrogens is 278 g/mol. The molecule has 1 unspecified atom stereocenters. The van der Waals surface area contributed by atoms with Crippen molar-refractivity contribution in [3.63, 3.8) is 0 Å². The van der Waals surface area contributed by atoms with Gasteiger partial charge in [-0.2, -0.15) is 0 Å². The third kappa shape index (κ3) is 3.16. The van der Waals surface area contributed by atoms with E-state index in [1.807, 2.05) is 0 Å². The van der Waals surface area contributed by atoms with Crippen LogP contribution in [0.3, 0.4) is 0 Å². The number of rotatable bonds is 4. The molecule has 3 N–H and O–H groups in total. The van der Waals surface area contributed by atoms with Crippen LogP contribution in [0.5, 0.6) is 0 Å². The number of carboxylic acid groups (broad SMARTS) is 1. The summed E-state index contributed by atoms with van der Waals surface area (Å²) in [4.78, 5) is 34.7. The van der Waals surface area contributed by atoms with Gasteiger partial charge in [-0.3, -0.25) is 19.7 Å². The van der Waals surface area contributed by atoms with Gasteiger partial charge in [0.05, 0.1) is 11.3 Å². The lowest BCUT2D eigenvalue weighted by Crippen LogP contribution is -2.50. The fraction of sp³-hybridized carbons (Fsp3) is 0.385.